The molecular weight excluding hydrogens is 136 g/mol. The molecule has 1 aliphatic heterocycles. The van der Waals surface area contributed by atoms with Crippen molar-refractivity contribution in [1.82, 2.24) is 21.3 Å². The summed E-state index contributed by atoms with van der Waals surface area (Å²) in [5.74, 6) is 0. The first-order chi connectivity index (χ1) is 4.79. The van der Waals surface area contributed by atoms with Crippen LogP contribution >= 0.6 is 0 Å². The largest absolute Gasteiger partial charge is 0.321 e. The first kappa shape index (κ1) is 6.66. The summed E-state index contributed by atoms with van der Waals surface area (Å²) in [6, 6.07) is -0.597. The smallest absolute Gasteiger partial charge is 0.317 e. The molecule has 4 N–H and O–H groups in total. The Morgan fingerprint density at radius 1 is 0.800 bits per heavy atom. The van der Waals surface area contributed by atoms with Gasteiger partial charge in [0.15, 0.2) is 0 Å². The lowest BCUT2D eigenvalue weighted by Crippen LogP contribution is -2.53. The lowest BCUT2D eigenvalue weighted by Gasteiger charge is -2.13. The van der Waals surface area contributed by atoms with Crippen molar-refractivity contribution in [2.75, 3.05) is 13.3 Å². The number of hydrogen-bond acceptors (Lipinski definition) is 2. The van der Waals surface area contributed by atoms with E-state index in [0.29, 0.717) is 0 Å². The molecule has 1 heterocycles. The Hall–Kier alpha value is -1.46. The average Bonchev–Trinajstić information content (AvgIpc) is 1.84. The van der Waals surface area contributed by atoms with E-state index in [1.54, 1.807) is 0 Å². The minimum atomic E-state index is -0.299. The first-order valence-electron chi connectivity index (χ1n) is 2.82. The van der Waals surface area contributed by atoms with Crippen LogP contribution in [-0.2, 0) is 0 Å². The highest BCUT2D eigenvalue weighted by Gasteiger charge is 2.04. The zero-order valence-corrected chi connectivity index (χ0v) is 5.23. The number of rotatable bonds is 0. The van der Waals surface area contributed by atoms with E-state index in [9.17, 15) is 9.59 Å². The van der Waals surface area contributed by atoms with Crippen LogP contribution in [-0.4, -0.2) is 25.4 Å². The van der Waals surface area contributed by atoms with Gasteiger partial charge in [0.25, 0.3) is 0 Å². The number of carbonyl (C=O) groups is 2. The van der Waals surface area contributed by atoms with Crippen molar-refractivity contribution in [3.8, 4) is 0 Å². The van der Waals surface area contributed by atoms with E-state index in [-0.39, 0.29) is 25.4 Å². The van der Waals surface area contributed by atoms with E-state index in [0.717, 1.165) is 0 Å². The summed E-state index contributed by atoms with van der Waals surface area (Å²) in [6.07, 6.45) is 0. The highest BCUT2D eigenvalue weighted by atomic mass is 16.2. The van der Waals surface area contributed by atoms with Crippen molar-refractivity contribution < 1.29 is 9.59 Å². The molecule has 1 saturated heterocycles. The standard InChI is InChI=1S/C4H8N4O2/c9-3-5-1-6-4(10)8-2-7-3/h1-2H2,(H2,5,7,9)(H2,6,8,10). The zero-order chi connectivity index (χ0) is 7.40. The Labute approximate surface area is 57.4 Å². The minimum Gasteiger partial charge on any atom is -0.321 e. The molecule has 1 fully saturated rings. The Balaban J connectivity index is 2.34. The van der Waals surface area contributed by atoms with Gasteiger partial charge in [-0.1, -0.05) is 0 Å². The van der Waals surface area contributed by atoms with Gasteiger partial charge in [-0.05, 0) is 0 Å². The first-order valence-corrected chi connectivity index (χ1v) is 2.82. The second-order valence-corrected chi connectivity index (χ2v) is 1.72. The summed E-state index contributed by atoms with van der Waals surface area (Å²) >= 11 is 0. The summed E-state index contributed by atoms with van der Waals surface area (Å²) < 4.78 is 0. The predicted octanol–water partition coefficient (Wildman–Crippen LogP) is -1.49. The highest BCUT2D eigenvalue weighted by Crippen LogP contribution is 1.68. The number of amides is 4. The summed E-state index contributed by atoms with van der Waals surface area (Å²) in [7, 11) is 0. The maximum absolute atomic E-state index is 10.5. The minimum absolute atomic E-state index is 0.150. The molecule has 0 atom stereocenters. The summed E-state index contributed by atoms with van der Waals surface area (Å²) in [5, 5.41) is 9.57. The Morgan fingerprint density at radius 3 is 1.40 bits per heavy atom. The van der Waals surface area contributed by atoms with Crippen LogP contribution in [0.25, 0.3) is 0 Å². The molecule has 0 aromatic rings. The number of nitrogens with one attached hydrogen (secondary N) is 4. The highest BCUT2D eigenvalue weighted by molar-refractivity contribution is 5.78. The lowest BCUT2D eigenvalue weighted by atomic mass is 10.7. The van der Waals surface area contributed by atoms with Crippen LogP contribution in [0.4, 0.5) is 9.59 Å². The molecule has 56 valence electrons. The fourth-order valence-corrected chi connectivity index (χ4v) is 0.535. The topological polar surface area (TPSA) is 82.3 Å². The van der Waals surface area contributed by atoms with Crippen LogP contribution in [0.15, 0.2) is 0 Å². The molecule has 0 spiro atoms. The molecule has 6 heteroatoms. The van der Waals surface area contributed by atoms with E-state index in [4.69, 9.17) is 0 Å². The van der Waals surface area contributed by atoms with Crippen LogP contribution in [0.2, 0.25) is 0 Å². The number of urea groups is 2. The van der Waals surface area contributed by atoms with Gasteiger partial charge in [0.1, 0.15) is 0 Å². The molecule has 0 aromatic carbocycles. The second-order valence-electron chi connectivity index (χ2n) is 1.72. The van der Waals surface area contributed by atoms with E-state index >= 15 is 0 Å². The summed E-state index contributed by atoms with van der Waals surface area (Å²) in [5.41, 5.74) is 0. The fraction of sp³-hybridized carbons (Fsp3) is 0.500. The third-order valence-corrected chi connectivity index (χ3v) is 0.996. The van der Waals surface area contributed by atoms with Gasteiger partial charge in [0, 0.05) is 0 Å². The SMILES string of the molecule is O=C1NCNC(=O)NCN1. The van der Waals surface area contributed by atoms with E-state index < -0.39 is 0 Å². The molecular formula is C4H8N4O2. The zero-order valence-electron chi connectivity index (χ0n) is 5.23. The van der Waals surface area contributed by atoms with E-state index in [2.05, 4.69) is 21.3 Å². The van der Waals surface area contributed by atoms with Crippen molar-refractivity contribution in [3.05, 3.63) is 0 Å². The van der Waals surface area contributed by atoms with Crippen LogP contribution in [0.3, 0.4) is 0 Å². The number of hydrogen-bond donors (Lipinski definition) is 4. The average molecular weight is 144 g/mol. The predicted molar refractivity (Wildman–Crippen MR) is 33.1 cm³/mol. The molecule has 0 saturated carbocycles. The van der Waals surface area contributed by atoms with Gasteiger partial charge in [-0.3, -0.25) is 0 Å². The Kier molecular flexibility index (Phi) is 1.93. The third-order valence-electron chi connectivity index (χ3n) is 0.996. The van der Waals surface area contributed by atoms with Gasteiger partial charge < -0.3 is 21.3 Å². The Bertz CT molecular complexity index is 127. The molecule has 6 nitrogen and oxygen atoms in total. The van der Waals surface area contributed by atoms with Gasteiger partial charge in [0.05, 0.1) is 13.3 Å². The van der Waals surface area contributed by atoms with Crippen LogP contribution < -0.4 is 21.3 Å². The van der Waals surface area contributed by atoms with Gasteiger partial charge in [0.2, 0.25) is 0 Å². The van der Waals surface area contributed by atoms with Crippen LogP contribution in [0.1, 0.15) is 0 Å². The van der Waals surface area contributed by atoms with Crippen molar-refractivity contribution in [2.24, 2.45) is 0 Å². The van der Waals surface area contributed by atoms with Gasteiger partial charge >= 0.3 is 12.1 Å². The maximum Gasteiger partial charge on any atom is 0.317 e. The van der Waals surface area contributed by atoms with Crippen molar-refractivity contribution in [2.45, 2.75) is 0 Å². The van der Waals surface area contributed by atoms with Crippen molar-refractivity contribution in [1.29, 1.82) is 0 Å². The molecule has 0 bridgehead atoms. The molecule has 0 unspecified atom stereocenters. The van der Waals surface area contributed by atoms with Gasteiger partial charge in [-0.15, -0.1) is 0 Å². The number of carbonyl (C=O) groups excluding carboxylic acids is 2. The fourth-order valence-electron chi connectivity index (χ4n) is 0.535. The quantitative estimate of drug-likeness (QED) is 0.334. The summed E-state index contributed by atoms with van der Waals surface area (Å²) in [4.78, 5) is 21.1. The molecule has 0 aromatic heterocycles. The van der Waals surface area contributed by atoms with Crippen molar-refractivity contribution in [3.63, 3.8) is 0 Å². The van der Waals surface area contributed by atoms with Crippen LogP contribution in [0.5, 0.6) is 0 Å². The Morgan fingerprint density at radius 2 is 1.10 bits per heavy atom. The van der Waals surface area contributed by atoms with Crippen LogP contribution in [0, 0.1) is 0 Å². The maximum atomic E-state index is 10.5. The normalized spacial score (nSPS) is 18.8. The van der Waals surface area contributed by atoms with Gasteiger partial charge in [-0.2, -0.15) is 0 Å². The van der Waals surface area contributed by atoms with E-state index in [1.807, 2.05) is 0 Å². The molecule has 0 aliphatic carbocycles. The third kappa shape index (κ3) is 1.81. The van der Waals surface area contributed by atoms with Crippen molar-refractivity contribution >= 4 is 12.1 Å². The van der Waals surface area contributed by atoms with E-state index in [1.165, 1.54) is 0 Å². The molecule has 10 heavy (non-hydrogen) atoms. The second kappa shape index (κ2) is 2.90. The molecule has 4 amide bonds. The molecule has 0 radical (unpaired) electrons. The summed E-state index contributed by atoms with van der Waals surface area (Å²) in [6.45, 7) is 0.301. The monoisotopic (exact) mass is 144 g/mol. The lowest BCUT2D eigenvalue weighted by molar-refractivity contribution is 0.227. The molecule has 1 rings (SSSR count). The van der Waals surface area contributed by atoms with Gasteiger partial charge in [-0.25, -0.2) is 9.59 Å². The molecule has 1 aliphatic rings.